The van der Waals surface area contributed by atoms with E-state index < -0.39 is 47.5 Å². The minimum atomic E-state index is -1.03. The molecular weight excluding hydrogens is 336 g/mol. The number of ketones is 1. The molecule has 3 rings (SSSR count). The van der Waals surface area contributed by atoms with E-state index in [1.165, 1.54) is 12.2 Å². The molecule has 142 valence electrons. The molecule has 3 aliphatic rings. The number of ether oxygens (including phenoxy) is 2. The smallest absolute Gasteiger partial charge is 0.330 e. The molecule has 0 aromatic carbocycles. The van der Waals surface area contributed by atoms with Crippen molar-refractivity contribution in [2.45, 2.75) is 52.9 Å². The molecule has 0 aromatic rings. The van der Waals surface area contributed by atoms with Gasteiger partial charge < -0.3 is 14.6 Å². The van der Waals surface area contributed by atoms with Crippen LogP contribution in [0.1, 0.15) is 34.6 Å². The van der Waals surface area contributed by atoms with Gasteiger partial charge in [0.2, 0.25) is 0 Å². The predicted molar refractivity (Wildman–Crippen MR) is 92.8 cm³/mol. The van der Waals surface area contributed by atoms with Gasteiger partial charge in [0.25, 0.3) is 0 Å². The van der Waals surface area contributed by atoms with Crippen LogP contribution >= 0.6 is 0 Å². The Morgan fingerprint density at radius 2 is 1.96 bits per heavy atom. The molecule has 0 bridgehead atoms. The Balaban J connectivity index is 2.11. The zero-order valence-electron chi connectivity index (χ0n) is 15.8. The number of rotatable bonds is 2. The fourth-order valence-electron chi connectivity index (χ4n) is 4.79. The first kappa shape index (κ1) is 18.8. The number of aliphatic hydroxyl groups excluding tert-OH is 1. The summed E-state index contributed by atoms with van der Waals surface area (Å²) < 4.78 is 11.2. The fourth-order valence-corrected chi connectivity index (χ4v) is 4.79. The van der Waals surface area contributed by atoms with Gasteiger partial charge in [-0.05, 0) is 38.7 Å². The first-order chi connectivity index (χ1) is 12.1. The quantitative estimate of drug-likeness (QED) is 0.595. The summed E-state index contributed by atoms with van der Waals surface area (Å²) in [6, 6.07) is 0. The molecule has 6 nitrogen and oxygen atoms in total. The third kappa shape index (κ3) is 2.62. The van der Waals surface area contributed by atoms with Crippen LogP contribution < -0.4 is 0 Å². The fraction of sp³-hybridized carbons (Fsp3) is 0.650. The number of hydrogen-bond donors (Lipinski definition) is 1. The van der Waals surface area contributed by atoms with Crippen molar-refractivity contribution in [1.29, 1.82) is 0 Å². The van der Waals surface area contributed by atoms with Gasteiger partial charge in [-0.25, -0.2) is 4.79 Å². The van der Waals surface area contributed by atoms with E-state index in [0.29, 0.717) is 0 Å². The Morgan fingerprint density at radius 3 is 2.58 bits per heavy atom. The Hall–Kier alpha value is -1.95. The largest absolute Gasteiger partial charge is 0.459 e. The molecule has 2 fully saturated rings. The molecule has 1 heterocycles. The first-order valence-corrected chi connectivity index (χ1v) is 9.05. The standard InChI is InChI=1S/C20H26O6/c1-9(2)8-14(22)25-18-15-11(4)19(24)26-17(15)16(23)10(3)12-6-7-13(21)20(12,18)5/h6-8,10-12,15-18,23H,1-5H3/t10-,11+,12+,15-,16-,17+,18-,20-/m1/s1. The number of allylic oxidation sites excluding steroid dienone is 3. The van der Waals surface area contributed by atoms with Crippen LogP contribution in [0, 0.1) is 29.1 Å². The predicted octanol–water partition coefficient (Wildman–Crippen LogP) is 1.81. The Bertz CT molecular complexity index is 703. The minimum absolute atomic E-state index is 0.149. The number of carbonyl (C=O) groups is 3. The van der Waals surface area contributed by atoms with Crippen LogP contribution in [-0.2, 0) is 23.9 Å². The van der Waals surface area contributed by atoms with Gasteiger partial charge in [-0.15, -0.1) is 0 Å². The molecule has 8 atom stereocenters. The SMILES string of the molecule is CC(C)=CC(=O)O[C@@H]1[C@H]2[C@H](OC(=O)[C@H]2C)[C@H](O)[C@H](C)[C@@H]2C=CC(=O)[C@]12C. The summed E-state index contributed by atoms with van der Waals surface area (Å²) in [5.41, 5.74) is -0.259. The molecule has 26 heavy (non-hydrogen) atoms. The lowest BCUT2D eigenvalue weighted by molar-refractivity contribution is -0.162. The Kier molecular flexibility index (Phi) is 4.59. The molecule has 0 radical (unpaired) electrons. The van der Waals surface area contributed by atoms with Gasteiger partial charge in [0.05, 0.1) is 17.4 Å². The van der Waals surface area contributed by atoms with Gasteiger partial charge in [-0.2, -0.15) is 0 Å². The van der Waals surface area contributed by atoms with Crippen molar-refractivity contribution in [3.8, 4) is 0 Å². The molecule has 2 aliphatic carbocycles. The van der Waals surface area contributed by atoms with E-state index in [4.69, 9.17) is 9.47 Å². The van der Waals surface area contributed by atoms with Crippen molar-refractivity contribution in [3.63, 3.8) is 0 Å². The summed E-state index contributed by atoms with van der Waals surface area (Å²) in [5.74, 6) is -2.90. The van der Waals surface area contributed by atoms with Gasteiger partial charge in [-0.3, -0.25) is 9.59 Å². The summed E-state index contributed by atoms with van der Waals surface area (Å²) in [6.45, 7) is 8.86. The summed E-state index contributed by atoms with van der Waals surface area (Å²) in [5, 5.41) is 10.8. The second kappa shape index (κ2) is 6.34. The average Bonchev–Trinajstić information content (AvgIpc) is 2.99. The van der Waals surface area contributed by atoms with Gasteiger partial charge >= 0.3 is 11.9 Å². The Morgan fingerprint density at radius 1 is 1.31 bits per heavy atom. The average molecular weight is 362 g/mol. The summed E-state index contributed by atoms with van der Waals surface area (Å²) in [4.78, 5) is 37.4. The van der Waals surface area contributed by atoms with Gasteiger partial charge in [0.15, 0.2) is 5.78 Å². The van der Waals surface area contributed by atoms with Crippen molar-refractivity contribution < 1.29 is 29.0 Å². The Labute approximate surface area is 153 Å². The molecule has 6 heteroatoms. The maximum absolute atomic E-state index is 12.8. The van der Waals surface area contributed by atoms with E-state index in [0.717, 1.165) is 5.57 Å². The van der Waals surface area contributed by atoms with Crippen LogP contribution in [0.15, 0.2) is 23.8 Å². The number of hydrogen-bond acceptors (Lipinski definition) is 6. The molecular formula is C20H26O6. The lowest BCUT2D eigenvalue weighted by Gasteiger charge is -2.40. The third-order valence-electron chi connectivity index (χ3n) is 6.29. The van der Waals surface area contributed by atoms with E-state index in [9.17, 15) is 19.5 Å². The highest BCUT2D eigenvalue weighted by Crippen LogP contribution is 2.54. The normalized spacial score (nSPS) is 44.0. The molecule has 1 saturated heterocycles. The van der Waals surface area contributed by atoms with Crippen molar-refractivity contribution in [3.05, 3.63) is 23.8 Å². The van der Waals surface area contributed by atoms with Crippen molar-refractivity contribution in [2.75, 3.05) is 0 Å². The molecule has 1 N–H and O–H groups in total. The zero-order chi connectivity index (χ0) is 19.4. The van der Waals surface area contributed by atoms with Crippen LogP contribution in [0.5, 0.6) is 0 Å². The molecule has 0 amide bonds. The number of esters is 2. The molecule has 0 unspecified atom stereocenters. The van der Waals surface area contributed by atoms with E-state index in [1.807, 2.05) is 6.92 Å². The second-order valence-corrected chi connectivity index (χ2v) is 8.23. The molecule has 0 spiro atoms. The lowest BCUT2D eigenvalue weighted by atomic mass is 9.66. The molecule has 1 saturated carbocycles. The lowest BCUT2D eigenvalue weighted by Crippen LogP contribution is -2.50. The monoisotopic (exact) mass is 362 g/mol. The van der Waals surface area contributed by atoms with E-state index >= 15 is 0 Å². The summed E-state index contributed by atoms with van der Waals surface area (Å²) >= 11 is 0. The number of aliphatic hydroxyl groups is 1. The summed E-state index contributed by atoms with van der Waals surface area (Å²) in [7, 11) is 0. The van der Waals surface area contributed by atoms with Crippen molar-refractivity contribution in [2.24, 2.45) is 29.1 Å². The topological polar surface area (TPSA) is 89.9 Å². The minimum Gasteiger partial charge on any atom is -0.459 e. The van der Waals surface area contributed by atoms with E-state index in [2.05, 4.69) is 0 Å². The summed E-state index contributed by atoms with van der Waals surface area (Å²) in [6.07, 6.45) is 2.07. The van der Waals surface area contributed by atoms with Crippen LogP contribution in [0.2, 0.25) is 0 Å². The van der Waals surface area contributed by atoms with Crippen LogP contribution in [-0.4, -0.2) is 41.1 Å². The van der Waals surface area contributed by atoms with Gasteiger partial charge in [0, 0.05) is 12.0 Å². The number of fused-ring (bicyclic) bond motifs is 2. The van der Waals surface area contributed by atoms with Crippen LogP contribution in [0.4, 0.5) is 0 Å². The zero-order valence-corrected chi connectivity index (χ0v) is 15.8. The maximum Gasteiger partial charge on any atom is 0.330 e. The van der Waals surface area contributed by atoms with Gasteiger partial charge in [0.1, 0.15) is 12.2 Å². The molecule has 0 aromatic heterocycles. The van der Waals surface area contributed by atoms with Crippen LogP contribution in [0.25, 0.3) is 0 Å². The van der Waals surface area contributed by atoms with E-state index in [-0.39, 0.29) is 17.6 Å². The first-order valence-electron chi connectivity index (χ1n) is 9.05. The van der Waals surface area contributed by atoms with Crippen molar-refractivity contribution in [1.82, 2.24) is 0 Å². The highest BCUT2D eigenvalue weighted by molar-refractivity contribution is 5.98. The maximum atomic E-state index is 12.8. The van der Waals surface area contributed by atoms with E-state index in [1.54, 1.807) is 33.8 Å². The highest BCUT2D eigenvalue weighted by Gasteiger charge is 2.65. The van der Waals surface area contributed by atoms with Gasteiger partial charge in [-0.1, -0.05) is 25.5 Å². The molecule has 1 aliphatic heterocycles. The van der Waals surface area contributed by atoms with Crippen molar-refractivity contribution >= 4 is 17.7 Å². The highest BCUT2D eigenvalue weighted by atomic mass is 16.6. The number of carbonyl (C=O) groups excluding carboxylic acids is 3. The second-order valence-electron chi connectivity index (χ2n) is 8.23. The third-order valence-corrected chi connectivity index (χ3v) is 6.29. The van der Waals surface area contributed by atoms with Crippen LogP contribution in [0.3, 0.4) is 0 Å².